The Bertz CT molecular complexity index is 1060. The minimum Gasteiger partial charge on any atom is -0.304 e. The highest BCUT2D eigenvalue weighted by atomic mass is 79.9. The Labute approximate surface area is 169 Å². The number of pyridine rings is 1. The van der Waals surface area contributed by atoms with Crippen LogP contribution < -0.4 is 0 Å². The van der Waals surface area contributed by atoms with Crippen LogP contribution in [-0.4, -0.2) is 35.2 Å². The average Bonchev–Trinajstić information content (AvgIpc) is 3.07. The van der Waals surface area contributed by atoms with Gasteiger partial charge >= 0.3 is 0 Å². The molecular weight excluding hydrogens is 482 g/mol. The maximum Gasteiger partial charge on any atom is 0.243 e. The van der Waals surface area contributed by atoms with Gasteiger partial charge in [0.2, 0.25) is 10.0 Å². The van der Waals surface area contributed by atoms with Crippen LogP contribution in [0.4, 0.5) is 0 Å². The van der Waals surface area contributed by atoms with Crippen LogP contribution >= 0.6 is 31.9 Å². The molecule has 1 aliphatic rings. The fourth-order valence-electron chi connectivity index (χ4n) is 3.22. The summed E-state index contributed by atoms with van der Waals surface area (Å²) in [4.78, 5) is 4.98. The minimum atomic E-state index is -3.40. The van der Waals surface area contributed by atoms with Crippen molar-refractivity contribution in [3.8, 4) is 11.3 Å². The Hall–Kier alpha value is -1.22. The lowest BCUT2D eigenvalue weighted by Gasteiger charge is -2.25. The van der Waals surface area contributed by atoms with E-state index in [1.807, 2.05) is 35.0 Å². The normalized spacial score (nSPS) is 16.2. The molecule has 0 spiro atoms. The summed E-state index contributed by atoms with van der Waals surface area (Å²) in [6.07, 6.45) is 6.83. The summed E-state index contributed by atoms with van der Waals surface area (Å²) in [6.45, 7) is 1.22. The molecule has 3 aromatic rings. The fourth-order valence-corrected chi connectivity index (χ4v) is 6.03. The van der Waals surface area contributed by atoms with Crippen LogP contribution in [0.2, 0.25) is 0 Å². The predicted molar refractivity (Wildman–Crippen MR) is 109 cm³/mol. The third-order valence-electron chi connectivity index (χ3n) is 4.58. The first-order chi connectivity index (χ1) is 12.4. The van der Waals surface area contributed by atoms with Gasteiger partial charge in [0.25, 0.3) is 0 Å². The van der Waals surface area contributed by atoms with Crippen molar-refractivity contribution in [3.63, 3.8) is 0 Å². The number of fused-ring (bicyclic) bond motifs is 1. The van der Waals surface area contributed by atoms with Crippen LogP contribution in [0, 0.1) is 0 Å². The van der Waals surface area contributed by atoms with Gasteiger partial charge in [0.15, 0.2) is 5.65 Å². The Kier molecular flexibility index (Phi) is 4.94. The van der Waals surface area contributed by atoms with E-state index < -0.39 is 10.0 Å². The van der Waals surface area contributed by atoms with E-state index in [0.29, 0.717) is 18.0 Å². The van der Waals surface area contributed by atoms with Crippen molar-refractivity contribution in [2.75, 3.05) is 13.1 Å². The fraction of sp³-hybridized carbons (Fsp3) is 0.278. The second kappa shape index (κ2) is 7.07. The van der Waals surface area contributed by atoms with Crippen molar-refractivity contribution in [1.29, 1.82) is 0 Å². The lowest BCUT2D eigenvalue weighted by molar-refractivity contribution is 0.346. The van der Waals surface area contributed by atoms with Gasteiger partial charge in [-0.05, 0) is 62.9 Å². The highest BCUT2D eigenvalue weighted by Crippen LogP contribution is 2.28. The minimum absolute atomic E-state index is 0.343. The van der Waals surface area contributed by atoms with Crippen molar-refractivity contribution in [3.05, 3.63) is 51.7 Å². The molecule has 1 aromatic carbocycles. The molecule has 4 rings (SSSR count). The van der Waals surface area contributed by atoms with E-state index in [0.717, 1.165) is 45.1 Å². The molecule has 1 fully saturated rings. The Morgan fingerprint density at radius 2 is 1.65 bits per heavy atom. The number of hydrogen-bond acceptors (Lipinski definition) is 3. The van der Waals surface area contributed by atoms with Gasteiger partial charge in [-0.3, -0.25) is 0 Å². The van der Waals surface area contributed by atoms with Crippen LogP contribution in [0.5, 0.6) is 0 Å². The molecule has 0 N–H and O–H groups in total. The number of piperidine rings is 1. The van der Waals surface area contributed by atoms with Crippen molar-refractivity contribution < 1.29 is 8.42 Å². The van der Waals surface area contributed by atoms with E-state index in [9.17, 15) is 8.42 Å². The first kappa shape index (κ1) is 18.2. The summed E-state index contributed by atoms with van der Waals surface area (Å²) >= 11 is 6.99. The third-order valence-corrected chi connectivity index (χ3v) is 7.51. The molecular formula is C18H17Br2N3O2S. The molecule has 0 unspecified atom stereocenters. The van der Waals surface area contributed by atoms with Crippen LogP contribution in [0.15, 0.2) is 56.6 Å². The molecule has 136 valence electrons. The van der Waals surface area contributed by atoms with Gasteiger partial charge in [-0.1, -0.05) is 18.6 Å². The zero-order valence-electron chi connectivity index (χ0n) is 13.9. The smallest absolute Gasteiger partial charge is 0.243 e. The molecule has 1 aliphatic heterocycles. The monoisotopic (exact) mass is 497 g/mol. The van der Waals surface area contributed by atoms with Gasteiger partial charge < -0.3 is 4.40 Å². The maximum atomic E-state index is 12.8. The van der Waals surface area contributed by atoms with Gasteiger partial charge in [0, 0.05) is 35.5 Å². The summed E-state index contributed by atoms with van der Waals surface area (Å²) in [5.74, 6) is 0. The molecule has 3 heterocycles. The molecule has 26 heavy (non-hydrogen) atoms. The van der Waals surface area contributed by atoms with Crippen molar-refractivity contribution in [2.45, 2.75) is 24.2 Å². The standard InChI is InChI=1S/C18H17Br2N3O2S/c19-14-10-16(20)18-21-17(12-22(18)11-14)13-4-6-15(7-5-13)26(24,25)23-8-2-1-3-9-23/h4-7,10-12H,1-3,8-9H2. The second-order valence-electron chi connectivity index (χ2n) is 6.35. The van der Waals surface area contributed by atoms with E-state index in [-0.39, 0.29) is 0 Å². The molecule has 0 atom stereocenters. The molecule has 0 aliphatic carbocycles. The quantitative estimate of drug-likeness (QED) is 0.525. The summed E-state index contributed by atoms with van der Waals surface area (Å²) in [5, 5.41) is 0. The lowest BCUT2D eigenvalue weighted by Crippen LogP contribution is -2.35. The van der Waals surface area contributed by atoms with Crippen molar-refractivity contribution in [2.24, 2.45) is 0 Å². The van der Waals surface area contributed by atoms with E-state index in [4.69, 9.17) is 0 Å². The third kappa shape index (κ3) is 3.35. The topological polar surface area (TPSA) is 54.7 Å². The number of nitrogens with zero attached hydrogens (tertiary/aromatic N) is 3. The van der Waals surface area contributed by atoms with Crippen LogP contribution in [0.25, 0.3) is 16.9 Å². The van der Waals surface area contributed by atoms with Gasteiger partial charge in [0.1, 0.15) is 0 Å². The first-order valence-corrected chi connectivity index (χ1v) is 11.4. The largest absolute Gasteiger partial charge is 0.304 e. The summed E-state index contributed by atoms with van der Waals surface area (Å²) in [6, 6.07) is 8.94. The van der Waals surface area contributed by atoms with Crippen LogP contribution in [-0.2, 0) is 10.0 Å². The highest BCUT2D eigenvalue weighted by molar-refractivity contribution is 9.11. The van der Waals surface area contributed by atoms with Crippen LogP contribution in [0.3, 0.4) is 0 Å². The molecule has 0 amide bonds. The first-order valence-electron chi connectivity index (χ1n) is 8.39. The van der Waals surface area contributed by atoms with Crippen molar-refractivity contribution >= 4 is 47.5 Å². The number of imidazole rings is 1. The Balaban J connectivity index is 1.67. The summed E-state index contributed by atoms with van der Waals surface area (Å²) < 4.78 is 30.9. The summed E-state index contributed by atoms with van der Waals surface area (Å²) in [5.41, 5.74) is 2.49. The molecule has 0 radical (unpaired) electrons. The number of aromatic nitrogens is 2. The van der Waals surface area contributed by atoms with Crippen LogP contribution in [0.1, 0.15) is 19.3 Å². The zero-order valence-corrected chi connectivity index (χ0v) is 17.9. The Morgan fingerprint density at radius 1 is 0.962 bits per heavy atom. The van der Waals surface area contributed by atoms with Crippen molar-refractivity contribution in [1.82, 2.24) is 13.7 Å². The molecule has 8 heteroatoms. The second-order valence-corrected chi connectivity index (χ2v) is 10.1. The number of hydrogen-bond donors (Lipinski definition) is 0. The maximum absolute atomic E-state index is 12.8. The highest BCUT2D eigenvalue weighted by Gasteiger charge is 2.25. The molecule has 0 saturated carbocycles. The molecule has 1 saturated heterocycles. The van der Waals surface area contributed by atoms with Gasteiger partial charge in [-0.15, -0.1) is 0 Å². The number of halogens is 2. The number of rotatable bonds is 3. The predicted octanol–water partition coefficient (Wildman–Crippen LogP) is 4.70. The SMILES string of the molecule is O=S(=O)(c1ccc(-c2cn3cc(Br)cc(Br)c3n2)cc1)N1CCCCC1. The van der Waals surface area contributed by atoms with E-state index in [2.05, 4.69) is 36.8 Å². The lowest BCUT2D eigenvalue weighted by atomic mass is 10.2. The number of benzene rings is 1. The molecule has 2 aromatic heterocycles. The molecule has 5 nitrogen and oxygen atoms in total. The van der Waals surface area contributed by atoms with Gasteiger partial charge in [-0.2, -0.15) is 4.31 Å². The van der Waals surface area contributed by atoms with E-state index in [1.54, 1.807) is 16.4 Å². The number of sulfonamides is 1. The zero-order chi connectivity index (χ0) is 18.3. The van der Waals surface area contributed by atoms with Gasteiger partial charge in [-0.25, -0.2) is 13.4 Å². The van der Waals surface area contributed by atoms with E-state index >= 15 is 0 Å². The average molecular weight is 499 g/mol. The van der Waals surface area contributed by atoms with E-state index in [1.165, 1.54) is 0 Å². The summed E-state index contributed by atoms with van der Waals surface area (Å²) in [7, 11) is -3.40. The Morgan fingerprint density at radius 3 is 2.35 bits per heavy atom. The molecule has 0 bridgehead atoms. The van der Waals surface area contributed by atoms with Gasteiger partial charge in [0.05, 0.1) is 15.1 Å².